The average Bonchev–Trinajstić information content (AvgIpc) is 2.10. The maximum atomic E-state index is 13.1. The van der Waals surface area contributed by atoms with Gasteiger partial charge in [0.15, 0.2) is 5.78 Å². The van der Waals surface area contributed by atoms with Crippen LogP contribution in [0.4, 0.5) is 4.39 Å². The number of ketones is 1. The lowest BCUT2D eigenvalue weighted by Gasteiger charge is -2.08. The highest BCUT2D eigenvalue weighted by atomic mass is 35.5. The van der Waals surface area contributed by atoms with Gasteiger partial charge in [-0.2, -0.15) is 0 Å². The number of rotatable bonds is 2. The Morgan fingerprint density at radius 1 is 1.36 bits per heavy atom. The van der Waals surface area contributed by atoms with Gasteiger partial charge in [0.2, 0.25) is 0 Å². The van der Waals surface area contributed by atoms with E-state index in [2.05, 4.69) is 0 Å². The van der Waals surface area contributed by atoms with E-state index in [0.29, 0.717) is 16.7 Å². The smallest absolute Gasteiger partial charge is 0.180 e. The highest BCUT2D eigenvalue weighted by Crippen LogP contribution is 2.17. The van der Waals surface area contributed by atoms with Crippen LogP contribution in [0.15, 0.2) is 12.1 Å². The van der Waals surface area contributed by atoms with Crippen LogP contribution in [0.3, 0.4) is 0 Å². The maximum Gasteiger partial charge on any atom is 0.180 e. The third-order valence-electron chi connectivity index (χ3n) is 2.13. The first-order valence-electron chi connectivity index (χ1n) is 4.38. The van der Waals surface area contributed by atoms with E-state index in [1.165, 1.54) is 6.07 Å². The standard InChI is InChI=1S/C11H12ClFO/c1-6-5-10(13)7(2)4-9(6)11(14)8(3)12/h4-5,8H,1-3H3. The molecule has 1 aromatic carbocycles. The monoisotopic (exact) mass is 214 g/mol. The van der Waals surface area contributed by atoms with Crippen molar-refractivity contribution in [2.75, 3.05) is 0 Å². The summed E-state index contributed by atoms with van der Waals surface area (Å²) in [7, 11) is 0. The van der Waals surface area contributed by atoms with Gasteiger partial charge in [0.05, 0.1) is 5.38 Å². The molecule has 0 amide bonds. The summed E-state index contributed by atoms with van der Waals surface area (Å²) >= 11 is 5.68. The van der Waals surface area contributed by atoms with Gasteiger partial charge in [0, 0.05) is 5.56 Å². The Kier molecular flexibility index (Phi) is 3.27. The van der Waals surface area contributed by atoms with E-state index in [1.54, 1.807) is 26.8 Å². The molecule has 0 fully saturated rings. The zero-order valence-electron chi connectivity index (χ0n) is 8.40. The Bertz CT molecular complexity index is 372. The van der Waals surface area contributed by atoms with Gasteiger partial charge < -0.3 is 0 Å². The molecule has 1 aromatic rings. The molecule has 0 saturated heterocycles. The summed E-state index contributed by atoms with van der Waals surface area (Å²) in [6.07, 6.45) is 0. The molecule has 3 heteroatoms. The Morgan fingerprint density at radius 3 is 2.43 bits per heavy atom. The van der Waals surface area contributed by atoms with Crippen molar-refractivity contribution in [3.05, 3.63) is 34.6 Å². The molecular formula is C11H12ClFO. The van der Waals surface area contributed by atoms with Crippen LogP contribution in [-0.4, -0.2) is 11.2 Å². The zero-order valence-corrected chi connectivity index (χ0v) is 9.15. The fraction of sp³-hybridized carbons (Fsp3) is 0.364. The predicted molar refractivity (Wildman–Crippen MR) is 55.5 cm³/mol. The lowest BCUT2D eigenvalue weighted by Crippen LogP contribution is -2.12. The van der Waals surface area contributed by atoms with Gasteiger partial charge in [-0.05, 0) is 44.0 Å². The number of hydrogen-bond acceptors (Lipinski definition) is 1. The summed E-state index contributed by atoms with van der Waals surface area (Å²) in [6, 6.07) is 2.91. The van der Waals surface area contributed by atoms with Gasteiger partial charge in [0.25, 0.3) is 0 Å². The molecule has 1 atom stereocenters. The largest absolute Gasteiger partial charge is 0.293 e. The molecule has 0 N–H and O–H groups in total. The van der Waals surface area contributed by atoms with Gasteiger partial charge in [-0.1, -0.05) is 0 Å². The van der Waals surface area contributed by atoms with Gasteiger partial charge >= 0.3 is 0 Å². The molecule has 1 nitrogen and oxygen atoms in total. The molecule has 0 bridgehead atoms. The van der Waals surface area contributed by atoms with E-state index in [-0.39, 0.29) is 11.6 Å². The minimum absolute atomic E-state index is 0.160. The molecule has 1 unspecified atom stereocenters. The molecule has 0 aliphatic rings. The number of halogens is 2. The van der Waals surface area contributed by atoms with Crippen LogP contribution in [0.2, 0.25) is 0 Å². The minimum Gasteiger partial charge on any atom is -0.293 e. The van der Waals surface area contributed by atoms with Gasteiger partial charge in [-0.3, -0.25) is 4.79 Å². The quantitative estimate of drug-likeness (QED) is 0.546. The zero-order chi connectivity index (χ0) is 10.9. The molecular weight excluding hydrogens is 203 g/mol. The minimum atomic E-state index is -0.571. The summed E-state index contributed by atoms with van der Waals surface area (Å²) in [6.45, 7) is 4.95. The number of hydrogen-bond donors (Lipinski definition) is 0. The van der Waals surface area contributed by atoms with E-state index >= 15 is 0 Å². The third-order valence-corrected chi connectivity index (χ3v) is 2.33. The summed E-state index contributed by atoms with van der Waals surface area (Å²) in [5.74, 6) is -0.450. The molecule has 0 aliphatic carbocycles. The fourth-order valence-electron chi connectivity index (χ4n) is 1.26. The number of carbonyl (C=O) groups is 1. The third kappa shape index (κ3) is 2.13. The van der Waals surface area contributed by atoms with Crippen molar-refractivity contribution in [3.63, 3.8) is 0 Å². The highest BCUT2D eigenvalue weighted by molar-refractivity contribution is 6.33. The van der Waals surface area contributed by atoms with Crippen LogP contribution in [0.5, 0.6) is 0 Å². The number of carbonyl (C=O) groups excluding carboxylic acids is 1. The van der Waals surface area contributed by atoms with Crippen molar-refractivity contribution in [2.24, 2.45) is 0 Å². The lowest BCUT2D eigenvalue weighted by molar-refractivity contribution is 0.0991. The van der Waals surface area contributed by atoms with Crippen molar-refractivity contribution >= 4 is 17.4 Å². The van der Waals surface area contributed by atoms with Gasteiger partial charge in [-0.15, -0.1) is 11.6 Å². The second-order valence-electron chi connectivity index (χ2n) is 3.40. The SMILES string of the molecule is Cc1cc(C(=O)C(C)Cl)c(C)cc1F. The van der Waals surface area contributed by atoms with Crippen molar-refractivity contribution in [1.29, 1.82) is 0 Å². The normalized spacial score (nSPS) is 12.6. The molecule has 1 rings (SSSR count). The second kappa shape index (κ2) is 4.09. The van der Waals surface area contributed by atoms with E-state index in [0.717, 1.165) is 0 Å². The summed E-state index contributed by atoms with van der Waals surface area (Å²) in [5.41, 5.74) is 1.60. The number of Topliss-reactive ketones (excluding diaryl/α,β-unsaturated/α-hetero) is 1. The first-order valence-corrected chi connectivity index (χ1v) is 4.82. The first kappa shape index (κ1) is 11.2. The fourth-order valence-corrected chi connectivity index (χ4v) is 1.38. The second-order valence-corrected chi connectivity index (χ2v) is 4.05. The molecule has 14 heavy (non-hydrogen) atoms. The molecule has 0 radical (unpaired) electrons. The van der Waals surface area contributed by atoms with Crippen LogP contribution >= 0.6 is 11.6 Å². The van der Waals surface area contributed by atoms with E-state index in [4.69, 9.17) is 11.6 Å². The van der Waals surface area contributed by atoms with E-state index in [9.17, 15) is 9.18 Å². The maximum absolute atomic E-state index is 13.1. The van der Waals surface area contributed by atoms with Crippen LogP contribution in [0.1, 0.15) is 28.4 Å². The van der Waals surface area contributed by atoms with Crippen molar-refractivity contribution in [3.8, 4) is 0 Å². The van der Waals surface area contributed by atoms with Crippen molar-refractivity contribution < 1.29 is 9.18 Å². The Morgan fingerprint density at radius 2 is 1.93 bits per heavy atom. The van der Waals surface area contributed by atoms with E-state index < -0.39 is 5.38 Å². The van der Waals surface area contributed by atoms with E-state index in [1.807, 2.05) is 0 Å². The van der Waals surface area contributed by atoms with Gasteiger partial charge in [-0.25, -0.2) is 4.39 Å². The average molecular weight is 215 g/mol. The van der Waals surface area contributed by atoms with Crippen LogP contribution < -0.4 is 0 Å². The summed E-state index contributed by atoms with van der Waals surface area (Å²) in [5, 5.41) is -0.571. The first-order chi connectivity index (χ1) is 6.43. The Labute approximate surface area is 87.9 Å². The predicted octanol–water partition coefficient (Wildman–Crippen LogP) is 3.25. The molecule has 0 spiro atoms. The summed E-state index contributed by atoms with van der Waals surface area (Å²) < 4.78 is 13.1. The van der Waals surface area contributed by atoms with Crippen LogP contribution in [0, 0.1) is 19.7 Å². The molecule has 76 valence electrons. The highest BCUT2D eigenvalue weighted by Gasteiger charge is 2.15. The van der Waals surface area contributed by atoms with Gasteiger partial charge in [0.1, 0.15) is 5.82 Å². The lowest BCUT2D eigenvalue weighted by atomic mass is 10.00. The Balaban J connectivity index is 3.22. The Hall–Kier alpha value is -0.890. The van der Waals surface area contributed by atoms with Crippen molar-refractivity contribution in [2.45, 2.75) is 26.1 Å². The number of alkyl halides is 1. The van der Waals surface area contributed by atoms with Crippen molar-refractivity contribution in [1.82, 2.24) is 0 Å². The summed E-state index contributed by atoms with van der Waals surface area (Å²) in [4.78, 5) is 11.6. The molecule has 0 aromatic heterocycles. The number of benzene rings is 1. The topological polar surface area (TPSA) is 17.1 Å². The molecule has 0 heterocycles. The van der Waals surface area contributed by atoms with Crippen LogP contribution in [0.25, 0.3) is 0 Å². The van der Waals surface area contributed by atoms with Crippen LogP contribution in [-0.2, 0) is 0 Å². The molecule has 0 aliphatic heterocycles. The number of aryl methyl sites for hydroxylation is 2. The molecule has 0 saturated carbocycles.